The molecule has 0 aliphatic heterocycles. The molecule has 0 radical (unpaired) electrons. The molecule has 2 unspecified atom stereocenters. The Bertz CT molecular complexity index is 542. The van der Waals surface area contributed by atoms with E-state index in [2.05, 4.69) is 19.9 Å². The van der Waals surface area contributed by atoms with Crippen LogP contribution in [0.3, 0.4) is 0 Å². The van der Waals surface area contributed by atoms with Gasteiger partial charge in [-0.15, -0.1) is 0 Å². The van der Waals surface area contributed by atoms with Gasteiger partial charge in [0.2, 0.25) is 0 Å². The molecule has 1 N–H and O–H groups in total. The Kier molecular flexibility index (Phi) is 2.82. The molecule has 102 valence electrons. The van der Waals surface area contributed by atoms with Crippen LogP contribution in [0, 0.1) is 5.92 Å². The Morgan fingerprint density at radius 3 is 2.58 bits per heavy atom. The molecule has 0 saturated carbocycles. The van der Waals surface area contributed by atoms with Gasteiger partial charge in [0.25, 0.3) is 0 Å². The average Bonchev–Trinajstić information content (AvgIpc) is 2.38. The zero-order chi connectivity index (χ0) is 13.8. The van der Waals surface area contributed by atoms with Gasteiger partial charge in [-0.1, -0.05) is 32.9 Å². The first-order valence-corrected chi connectivity index (χ1v) is 7.30. The number of hydrogen-bond acceptors (Lipinski definition) is 2. The van der Waals surface area contributed by atoms with E-state index in [-0.39, 0.29) is 17.4 Å². The highest BCUT2D eigenvalue weighted by molar-refractivity contribution is 6.00. The SMILES string of the molecule is CC1CCc2c(ccc3c2CCC(O)C3(C)C)C1=O. The minimum atomic E-state index is -0.281. The molecular formula is C17H22O2. The second-order valence-electron chi connectivity index (χ2n) is 6.70. The molecule has 2 heteroatoms. The van der Waals surface area contributed by atoms with Crippen LogP contribution in [0.5, 0.6) is 0 Å². The number of carbonyl (C=O) groups excluding carboxylic acids is 1. The summed E-state index contributed by atoms with van der Waals surface area (Å²) in [6.07, 6.45) is 3.41. The van der Waals surface area contributed by atoms with Crippen molar-refractivity contribution >= 4 is 5.78 Å². The van der Waals surface area contributed by atoms with E-state index in [0.717, 1.165) is 31.2 Å². The van der Waals surface area contributed by atoms with Gasteiger partial charge in [-0.05, 0) is 42.4 Å². The molecule has 2 atom stereocenters. The highest BCUT2D eigenvalue weighted by Crippen LogP contribution is 2.41. The molecule has 2 nitrogen and oxygen atoms in total. The molecule has 1 aromatic rings. The van der Waals surface area contributed by atoms with E-state index in [4.69, 9.17) is 0 Å². The summed E-state index contributed by atoms with van der Waals surface area (Å²) in [4.78, 5) is 12.3. The van der Waals surface area contributed by atoms with Gasteiger partial charge >= 0.3 is 0 Å². The fourth-order valence-electron chi connectivity index (χ4n) is 3.68. The second kappa shape index (κ2) is 4.17. The summed E-state index contributed by atoms with van der Waals surface area (Å²) < 4.78 is 0. The highest BCUT2D eigenvalue weighted by Gasteiger charge is 2.38. The van der Waals surface area contributed by atoms with Crippen molar-refractivity contribution in [3.8, 4) is 0 Å². The Morgan fingerprint density at radius 1 is 1.16 bits per heavy atom. The van der Waals surface area contributed by atoms with E-state index in [1.165, 1.54) is 16.7 Å². The Morgan fingerprint density at radius 2 is 1.84 bits per heavy atom. The molecule has 0 amide bonds. The van der Waals surface area contributed by atoms with E-state index < -0.39 is 0 Å². The lowest BCUT2D eigenvalue weighted by Gasteiger charge is -2.39. The molecule has 0 fully saturated rings. The number of Topliss-reactive ketones (excluding diaryl/α,β-unsaturated/α-hetero) is 1. The molecular weight excluding hydrogens is 236 g/mol. The third kappa shape index (κ3) is 1.77. The van der Waals surface area contributed by atoms with Crippen LogP contribution >= 0.6 is 0 Å². The first-order valence-electron chi connectivity index (χ1n) is 7.30. The van der Waals surface area contributed by atoms with Crippen LogP contribution in [0.15, 0.2) is 12.1 Å². The number of carbonyl (C=O) groups is 1. The van der Waals surface area contributed by atoms with Crippen molar-refractivity contribution in [3.05, 3.63) is 34.4 Å². The van der Waals surface area contributed by atoms with Gasteiger partial charge in [0.1, 0.15) is 0 Å². The molecule has 2 aliphatic rings. The van der Waals surface area contributed by atoms with E-state index >= 15 is 0 Å². The van der Waals surface area contributed by atoms with Gasteiger partial charge in [0.05, 0.1) is 6.10 Å². The zero-order valence-corrected chi connectivity index (χ0v) is 12.0. The lowest BCUT2D eigenvalue weighted by molar-refractivity contribution is 0.0825. The molecule has 19 heavy (non-hydrogen) atoms. The smallest absolute Gasteiger partial charge is 0.165 e. The minimum Gasteiger partial charge on any atom is -0.392 e. The predicted molar refractivity (Wildman–Crippen MR) is 75.6 cm³/mol. The quantitative estimate of drug-likeness (QED) is 0.776. The maximum atomic E-state index is 12.3. The van der Waals surface area contributed by atoms with Crippen LogP contribution in [-0.2, 0) is 18.3 Å². The number of ketones is 1. The molecule has 0 spiro atoms. The van der Waals surface area contributed by atoms with Crippen molar-refractivity contribution in [2.45, 2.75) is 58.0 Å². The summed E-state index contributed by atoms with van der Waals surface area (Å²) in [6.45, 7) is 6.24. The van der Waals surface area contributed by atoms with E-state index in [0.29, 0.717) is 5.78 Å². The first kappa shape index (κ1) is 12.9. The van der Waals surface area contributed by atoms with Crippen LogP contribution in [0.25, 0.3) is 0 Å². The van der Waals surface area contributed by atoms with Crippen molar-refractivity contribution in [2.24, 2.45) is 5.92 Å². The summed E-state index contributed by atoms with van der Waals surface area (Å²) in [5.74, 6) is 0.459. The molecule has 0 saturated heterocycles. The highest BCUT2D eigenvalue weighted by atomic mass is 16.3. The van der Waals surface area contributed by atoms with Gasteiger partial charge in [-0.3, -0.25) is 4.79 Å². The van der Waals surface area contributed by atoms with Crippen molar-refractivity contribution in [3.63, 3.8) is 0 Å². The topological polar surface area (TPSA) is 37.3 Å². The van der Waals surface area contributed by atoms with Gasteiger partial charge in [0.15, 0.2) is 5.78 Å². The van der Waals surface area contributed by atoms with E-state index in [1.54, 1.807) is 0 Å². The standard InChI is InChI=1S/C17H22O2/c1-10-4-5-11-12-7-9-15(18)17(2,3)14(12)8-6-13(11)16(10)19/h6,8,10,15,18H,4-5,7,9H2,1-3H3. The van der Waals surface area contributed by atoms with Crippen LogP contribution in [0.4, 0.5) is 0 Å². The molecule has 2 aliphatic carbocycles. The Hall–Kier alpha value is -1.15. The number of aliphatic hydroxyl groups excluding tert-OH is 1. The summed E-state index contributed by atoms with van der Waals surface area (Å²) in [5, 5.41) is 10.2. The van der Waals surface area contributed by atoms with Crippen molar-refractivity contribution in [1.29, 1.82) is 0 Å². The molecule has 1 aromatic carbocycles. The fraction of sp³-hybridized carbons (Fsp3) is 0.588. The number of aliphatic hydroxyl groups is 1. The first-order chi connectivity index (χ1) is 8.93. The van der Waals surface area contributed by atoms with Crippen LogP contribution < -0.4 is 0 Å². The Balaban J connectivity index is 2.18. The summed E-state index contributed by atoms with van der Waals surface area (Å²) in [7, 11) is 0. The van der Waals surface area contributed by atoms with Gasteiger partial charge in [-0.25, -0.2) is 0 Å². The normalized spacial score (nSPS) is 28.7. The second-order valence-corrected chi connectivity index (χ2v) is 6.70. The third-order valence-electron chi connectivity index (χ3n) is 5.17. The Labute approximate surface area is 114 Å². The predicted octanol–water partition coefficient (Wildman–Crippen LogP) is 3.04. The monoisotopic (exact) mass is 258 g/mol. The third-order valence-corrected chi connectivity index (χ3v) is 5.17. The van der Waals surface area contributed by atoms with Crippen molar-refractivity contribution in [2.75, 3.05) is 0 Å². The number of hydrogen-bond donors (Lipinski definition) is 1. The largest absolute Gasteiger partial charge is 0.392 e. The zero-order valence-electron chi connectivity index (χ0n) is 12.0. The van der Waals surface area contributed by atoms with Gasteiger partial charge in [0, 0.05) is 16.9 Å². The number of benzene rings is 1. The molecule has 0 heterocycles. The molecule has 3 rings (SSSR count). The van der Waals surface area contributed by atoms with Crippen LogP contribution in [0.2, 0.25) is 0 Å². The van der Waals surface area contributed by atoms with E-state index in [1.807, 2.05) is 13.0 Å². The maximum absolute atomic E-state index is 12.3. The minimum absolute atomic E-state index is 0.160. The number of fused-ring (bicyclic) bond motifs is 3. The summed E-state index contributed by atoms with van der Waals surface area (Å²) in [5.41, 5.74) is 4.58. The van der Waals surface area contributed by atoms with Crippen LogP contribution in [-0.4, -0.2) is 17.0 Å². The number of rotatable bonds is 0. The summed E-state index contributed by atoms with van der Waals surface area (Å²) >= 11 is 0. The molecule has 0 aromatic heterocycles. The summed E-state index contributed by atoms with van der Waals surface area (Å²) in [6, 6.07) is 4.07. The fourth-order valence-corrected chi connectivity index (χ4v) is 3.68. The molecule has 0 bridgehead atoms. The lowest BCUT2D eigenvalue weighted by Crippen LogP contribution is -2.39. The van der Waals surface area contributed by atoms with Gasteiger partial charge in [-0.2, -0.15) is 0 Å². The van der Waals surface area contributed by atoms with Crippen molar-refractivity contribution < 1.29 is 9.90 Å². The average molecular weight is 258 g/mol. The lowest BCUT2D eigenvalue weighted by atomic mass is 9.67. The van der Waals surface area contributed by atoms with E-state index in [9.17, 15) is 9.90 Å². The van der Waals surface area contributed by atoms with Crippen LogP contribution in [0.1, 0.15) is 60.7 Å². The maximum Gasteiger partial charge on any atom is 0.165 e. The van der Waals surface area contributed by atoms with Gasteiger partial charge < -0.3 is 5.11 Å². The van der Waals surface area contributed by atoms with Crippen molar-refractivity contribution in [1.82, 2.24) is 0 Å².